The normalized spacial score (nSPS) is 12.6. The van der Waals surface area contributed by atoms with Crippen LogP contribution in [0.4, 0.5) is 4.39 Å². The minimum atomic E-state index is -0.253. The summed E-state index contributed by atoms with van der Waals surface area (Å²) in [4.78, 5) is 0. The molecule has 0 radical (unpaired) electrons. The third-order valence-corrected chi connectivity index (χ3v) is 3.55. The van der Waals surface area contributed by atoms with E-state index in [2.05, 4.69) is 33.3 Å². The molecule has 0 aliphatic heterocycles. The van der Waals surface area contributed by atoms with Gasteiger partial charge in [-0.1, -0.05) is 13.0 Å². The average Bonchev–Trinajstić information content (AvgIpc) is 2.80. The van der Waals surface area contributed by atoms with Crippen molar-refractivity contribution in [1.82, 2.24) is 15.1 Å². The van der Waals surface area contributed by atoms with E-state index in [1.165, 1.54) is 0 Å². The third-order valence-electron chi connectivity index (χ3n) is 2.91. The molecule has 0 aliphatic rings. The highest BCUT2D eigenvalue weighted by Gasteiger charge is 2.17. The first-order valence-electron chi connectivity index (χ1n) is 6.29. The minimum absolute atomic E-state index is 0.0799. The smallest absolute Gasteiger partial charge is 0.137 e. The summed E-state index contributed by atoms with van der Waals surface area (Å²) in [5.41, 5.74) is 1.78. The molecule has 3 nitrogen and oxygen atoms in total. The summed E-state index contributed by atoms with van der Waals surface area (Å²) in [6, 6.07) is 7.06. The Morgan fingerprint density at radius 1 is 1.42 bits per heavy atom. The molecule has 1 atom stereocenters. The van der Waals surface area contributed by atoms with Gasteiger partial charge in [-0.2, -0.15) is 5.10 Å². The van der Waals surface area contributed by atoms with Crippen LogP contribution in [0.3, 0.4) is 0 Å². The fraction of sp³-hybridized carbons (Fsp3) is 0.357. The Morgan fingerprint density at radius 2 is 2.21 bits per heavy atom. The highest BCUT2D eigenvalue weighted by molar-refractivity contribution is 9.10. The van der Waals surface area contributed by atoms with E-state index in [9.17, 15) is 4.39 Å². The van der Waals surface area contributed by atoms with Crippen LogP contribution in [0.2, 0.25) is 0 Å². The fourth-order valence-corrected chi connectivity index (χ4v) is 2.21. The van der Waals surface area contributed by atoms with Crippen LogP contribution in [0.1, 0.15) is 30.6 Å². The van der Waals surface area contributed by atoms with Crippen LogP contribution in [0.5, 0.6) is 0 Å². The molecule has 0 saturated carbocycles. The molecule has 1 unspecified atom stereocenters. The topological polar surface area (TPSA) is 29.9 Å². The molecule has 0 amide bonds. The zero-order valence-corrected chi connectivity index (χ0v) is 12.6. The Kier molecular flexibility index (Phi) is 4.71. The lowest BCUT2D eigenvalue weighted by Crippen LogP contribution is -2.24. The van der Waals surface area contributed by atoms with E-state index in [4.69, 9.17) is 0 Å². The van der Waals surface area contributed by atoms with E-state index >= 15 is 0 Å². The molecule has 2 rings (SSSR count). The summed E-state index contributed by atoms with van der Waals surface area (Å²) in [7, 11) is 1.88. The highest BCUT2D eigenvalue weighted by atomic mass is 79.9. The number of aryl methyl sites for hydroxylation is 1. The second kappa shape index (κ2) is 6.30. The summed E-state index contributed by atoms with van der Waals surface area (Å²) in [6.45, 7) is 2.96. The van der Waals surface area contributed by atoms with Gasteiger partial charge in [0.25, 0.3) is 0 Å². The summed E-state index contributed by atoms with van der Waals surface area (Å²) in [6.07, 6.45) is 2.91. The predicted octanol–water partition coefficient (Wildman–Crippen LogP) is 3.41. The first-order valence-corrected chi connectivity index (χ1v) is 7.09. The number of rotatable bonds is 5. The monoisotopic (exact) mass is 325 g/mol. The minimum Gasteiger partial charge on any atom is -0.305 e. The van der Waals surface area contributed by atoms with Gasteiger partial charge in [0, 0.05) is 13.2 Å². The molecule has 0 spiro atoms. The van der Waals surface area contributed by atoms with E-state index < -0.39 is 0 Å². The molecular weight excluding hydrogens is 309 g/mol. The zero-order chi connectivity index (χ0) is 13.8. The lowest BCUT2D eigenvalue weighted by molar-refractivity contribution is 0.566. The molecule has 0 saturated heterocycles. The summed E-state index contributed by atoms with van der Waals surface area (Å²) in [5.74, 6) is -0.253. The Hall–Kier alpha value is -1.20. The molecule has 2 aromatic rings. The summed E-state index contributed by atoms with van der Waals surface area (Å²) in [5, 5.41) is 7.82. The summed E-state index contributed by atoms with van der Waals surface area (Å²) < 4.78 is 15.9. The van der Waals surface area contributed by atoms with Crippen molar-refractivity contribution < 1.29 is 4.39 Å². The van der Waals surface area contributed by atoms with Gasteiger partial charge in [0.2, 0.25) is 0 Å². The highest BCUT2D eigenvalue weighted by Crippen LogP contribution is 2.24. The SMILES string of the molecule is CCCNC(c1ccc(Br)c(F)c1)c1ccn(C)n1. The third kappa shape index (κ3) is 3.42. The van der Waals surface area contributed by atoms with Gasteiger partial charge in [0.1, 0.15) is 5.82 Å². The molecular formula is C14H17BrFN3. The van der Waals surface area contributed by atoms with Gasteiger partial charge in [0.15, 0.2) is 0 Å². The van der Waals surface area contributed by atoms with Gasteiger partial charge in [-0.25, -0.2) is 4.39 Å². The van der Waals surface area contributed by atoms with Crippen molar-refractivity contribution in [3.8, 4) is 0 Å². The van der Waals surface area contributed by atoms with Gasteiger partial charge >= 0.3 is 0 Å². The standard InChI is InChI=1S/C14H17BrFN3/c1-3-7-17-14(13-6-8-19(2)18-13)10-4-5-11(15)12(16)9-10/h4-6,8-9,14,17H,3,7H2,1-2H3. The number of hydrogen-bond acceptors (Lipinski definition) is 2. The predicted molar refractivity (Wildman–Crippen MR) is 77.4 cm³/mol. The molecule has 1 aromatic carbocycles. The van der Waals surface area contributed by atoms with Crippen molar-refractivity contribution >= 4 is 15.9 Å². The van der Waals surface area contributed by atoms with Gasteiger partial charge in [-0.3, -0.25) is 4.68 Å². The van der Waals surface area contributed by atoms with E-state index in [0.29, 0.717) is 4.47 Å². The van der Waals surface area contributed by atoms with E-state index in [1.807, 2.05) is 25.4 Å². The maximum absolute atomic E-state index is 13.7. The molecule has 0 aliphatic carbocycles. The molecule has 1 heterocycles. The quantitative estimate of drug-likeness (QED) is 0.912. The molecule has 102 valence electrons. The second-order valence-electron chi connectivity index (χ2n) is 4.47. The van der Waals surface area contributed by atoms with Crippen LogP contribution >= 0.6 is 15.9 Å². The van der Waals surface area contributed by atoms with Crippen molar-refractivity contribution in [2.45, 2.75) is 19.4 Å². The Morgan fingerprint density at radius 3 is 2.79 bits per heavy atom. The molecule has 5 heteroatoms. The van der Waals surface area contributed by atoms with Crippen LogP contribution in [-0.4, -0.2) is 16.3 Å². The zero-order valence-electron chi connectivity index (χ0n) is 11.0. The number of hydrogen-bond donors (Lipinski definition) is 1. The van der Waals surface area contributed by atoms with Crippen molar-refractivity contribution in [2.24, 2.45) is 7.05 Å². The van der Waals surface area contributed by atoms with Crippen molar-refractivity contribution in [3.05, 3.63) is 52.0 Å². The first-order chi connectivity index (χ1) is 9.11. The van der Waals surface area contributed by atoms with E-state index in [1.54, 1.807) is 16.8 Å². The van der Waals surface area contributed by atoms with Crippen LogP contribution in [0.25, 0.3) is 0 Å². The first kappa shape index (κ1) is 14.2. The molecule has 0 fully saturated rings. The van der Waals surface area contributed by atoms with E-state index in [-0.39, 0.29) is 11.9 Å². The number of nitrogens with zero attached hydrogens (tertiary/aromatic N) is 2. The van der Waals surface area contributed by atoms with Crippen molar-refractivity contribution in [1.29, 1.82) is 0 Å². The fourth-order valence-electron chi connectivity index (χ4n) is 1.96. The van der Waals surface area contributed by atoms with Crippen LogP contribution in [0, 0.1) is 5.82 Å². The average molecular weight is 326 g/mol. The molecule has 19 heavy (non-hydrogen) atoms. The lowest BCUT2D eigenvalue weighted by Gasteiger charge is -2.17. The molecule has 0 bridgehead atoms. The maximum atomic E-state index is 13.7. The van der Waals surface area contributed by atoms with Crippen molar-refractivity contribution in [3.63, 3.8) is 0 Å². The van der Waals surface area contributed by atoms with Crippen LogP contribution in [0.15, 0.2) is 34.9 Å². The lowest BCUT2D eigenvalue weighted by atomic mass is 10.0. The van der Waals surface area contributed by atoms with Crippen molar-refractivity contribution in [2.75, 3.05) is 6.54 Å². The van der Waals surface area contributed by atoms with Gasteiger partial charge in [0.05, 0.1) is 16.2 Å². The Labute approximate surface area is 121 Å². The largest absolute Gasteiger partial charge is 0.305 e. The number of halogens is 2. The number of aromatic nitrogens is 2. The van der Waals surface area contributed by atoms with Gasteiger partial charge < -0.3 is 5.32 Å². The van der Waals surface area contributed by atoms with Gasteiger partial charge in [-0.15, -0.1) is 0 Å². The molecule has 1 N–H and O–H groups in total. The van der Waals surface area contributed by atoms with E-state index in [0.717, 1.165) is 24.2 Å². The van der Waals surface area contributed by atoms with Crippen LogP contribution in [-0.2, 0) is 7.05 Å². The maximum Gasteiger partial charge on any atom is 0.137 e. The summed E-state index contributed by atoms with van der Waals surface area (Å²) >= 11 is 3.18. The Bertz CT molecular complexity index is 553. The Balaban J connectivity index is 2.33. The molecule has 1 aromatic heterocycles. The van der Waals surface area contributed by atoms with Gasteiger partial charge in [-0.05, 0) is 52.7 Å². The second-order valence-corrected chi connectivity index (χ2v) is 5.33. The number of benzene rings is 1. The number of nitrogens with one attached hydrogen (secondary N) is 1. The van der Waals surface area contributed by atoms with Crippen LogP contribution < -0.4 is 5.32 Å².